The number of nitrogens with zero attached hydrogens (tertiary/aromatic N) is 5. The molecule has 5 atom stereocenters. The van der Waals surface area contributed by atoms with E-state index in [1.807, 2.05) is 86.3 Å². The summed E-state index contributed by atoms with van der Waals surface area (Å²) in [4.78, 5) is 65.6. The molecule has 0 saturated heterocycles. The third-order valence-corrected chi connectivity index (χ3v) is 16.5. The van der Waals surface area contributed by atoms with Crippen molar-refractivity contribution in [3.63, 3.8) is 0 Å². The van der Waals surface area contributed by atoms with E-state index in [9.17, 15) is 24.3 Å². The fraction of sp³-hybridized carbons (Fsp3) is 0.469. The first-order chi connectivity index (χ1) is 31.5. The monoisotopic (exact) mass is 970 g/mol. The van der Waals surface area contributed by atoms with Gasteiger partial charge in [-0.15, -0.1) is 32.9 Å². The highest BCUT2D eigenvalue weighted by Crippen LogP contribution is 2.41. The van der Waals surface area contributed by atoms with Crippen LogP contribution >= 0.6 is 46.0 Å². The topological polar surface area (TPSA) is 181 Å². The molecule has 1 unspecified atom stereocenters. The number of amides is 3. The normalized spacial score (nSPS) is 18.5. The van der Waals surface area contributed by atoms with Crippen LogP contribution in [0.5, 0.6) is 0 Å². The van der Waals surface area contributed by atoms with Crippen LogP contribution in [0.25, 0.3) is 15.4 Å². The van der Waals surface area contributed by atoms with Gasteiger partial charge in [0.1, 0.15) is 22.9 Å². The molecule has 2 aromatic carbocycles. The van der Waals surface area contributed by atoms with Crippen LogP contribution in [0.3, 0.4) is 0 Å². The maximum Gasteiger partial charge on any atom is 0.224 e. The molecule has 3 amide bonds. The molecule has 1 aliphatic heterocycles. The minimum atomic E-state index is -0.846. The third-order valence-electron chi connectivity index (χ3n) is 12.6. The molecule has 0 radical (unpaired) electrons. The number of aromatic nitrogens is 4. The zero-order valence-corrected chi connectivity index (χ0v) is 41.8. The molecule has 1 fully saturated rings. The molecule has 0 spiro atoms. The number of thiazole rings is 1. The largest absolute Gasteiger partial charge is 0.393 e. The molecule has 1 aliphatic carbocycles. The summed E-state index contributed by atoms with van der Waals surface area (Å²) in [5.41, 5.74) is 8.65. The number of aliphatic hydroxyl groups excluding tert-OH is 1. The first kappa shape index (κ1) is 49.2. The molecule has 1 saturated carbocycles. The van der Waals surface area contributed by atoms with E-state index in [4.69, 9.17) is 16.6 Å². The van der Waals surface area contributed by atoms with Gasteiger partial charge in [-0.05, 0) is 102 Å². The molecule has 4 N–H and O–H groups in total. The standard InChI is InChI=1S/C49H59ClN8O5S3/c1-27-29(3)66-48-41(27)42(33-16-18-35(50)19-17-33)55-39(46-57-56-30(4)58(46)48)24-40(61)51-20-10-8-9-11-21-65-49(6,7)45(54-31(5)59)43(62)37-22-36(60)23-38(37)47(63)52-25-32-12-14-34(15-13-32)44-28(2)53-26-64-44/h12-19,26,36-39,45,60H,8-11,20-25H2,1-7H3,(H,51,61)(H,52,63)(H,54,59)/t36-,37?,38+,39-,45-/m0/s1. The van der Waals surface area contributed by atoms with Crippen molar-refractivity contribution < 1.29 is 24.3 Å². The average Bonchev–Trinajstić information content (AvgIpc) is 4.05. The highest BCUT2D eigenvalue weighted by atomic mass is 35.5. The number of rotatable bonds is 19. The van der Waals surface area contributed by atoms with Gasteiger partial charge in [0.2, 0.25) is 17.7 Å². The lowest BCUT2D eigenvalue weighted by molar-refractivity contribution is -0.135. The lowest BCUT2D eigenvalue weighted by atomic mass is 9.83. The van der Waals surface area contributed by atoms with Crippen molar-refractivity contribution in [2.24, 2.45) is 16.8 Å². The lowest BCUT2D eigenvalue weighted by Gasteiger charge is -2.35. The first-order valence-electron chi connectivity index (χ1n) is 22.5. The van der Waals surface area contributed by atoms with Crippen LogP contribution in [0.4, 0.5) is 0 Å². The maximum atomic E-state index is 14.3. The lowest BCUT2D eigenvalue weighted by Crippen LogP contribution is -2.55. The SMILES string of the molecule is CC(=O)N[C@@H](C(=O)C1C[C@H](O)C[C@H]1C(=O)NCc1ccc(-c2scnc2C)cc1)C(C)(C)SCCCCCCNC(=O)C[C@@H]1N=C(c2ccc(Cl)cc2)c2c(sc(C)c2C)-n2c(C)nnc21. The van der Waals surface area contributed by atoms with Gasteiger partial charge < -0.3 is 21.1 Å². The summed E-state index contributed by atoms with van der Waals surface area (Å²) in [6, 6.07) is 14.2. The Kier molecular flexibility index (Phi) is 16.0. The van der Waals surface area contributed by atoms with Gasteiger partial charge in [-0.2, -0.15) is 11.8 Å². The number of thiophene rings is 1. The van der Waals surface area contributed by atoms with Crippen molar-refractivity contribution in [1.29, 1.82) is 0 Å². The summed E-state index contributed by atoms with van der Waals surface area (Å²) in [5, 5.41) is 30.3. The molecule has 2 aliphatic rings. The third kappa shape index (κ3) is 11.3. The molecule has 4 heterocycles. The van der Waals surface area contributed by atoms with Crippen molar-refractivity contribution in [3.05, 3.63) is 104 Å². The van der Waals surface area contributed by atoms with Crippen molar-refractivity contribution in [1.82, 2.24) is 35.7 Å². The second kappa shape index (κ2) is 21.5. The first-order valence-corrected chi connectivity index (χ1v) is 25.6. The van der Waals surface area contributed by atoms with Crippen molar-refractivity contribution in [3.8, 4) is 15.4 Å². The number of unbranched alkanes of at least 4 members (excludes halogenated alkanes) is 3. The van der Waals surface area contributed by atoms with Gasteiger partial charge in [0.05, 0.1) is 40.2 Å². The van der Waals surface area contributed by atoms with Crippen LogP contribution in [-0.2, 0) is 25.7 Å². The van der Waals surface area contributed by atoms with Crippen LogP contribution in [0.2, 0.25) is 5.02 Å². The van der Waals surface area contributed by atoms with E-state index in [0.29, 0.717) is 23.9 Å². The number of thioether (sulfide) groups is 1. The van der Waals surface area contributed by atoms with Crippen LogP contribution < -0.4 is 16.0 Å². The Balaban J connectivity index is 0.884. The number of fused-ring (bicyclic) bond motifs is 3. The number of aliphatic imine (C=N–C) groups is 1. The summed E-state index contributed by atoms with van der Waals surface area (Å²) in [6.45, 7) is 14.2. The Labute approximate surface area is 404 Å². The highest BCUT2D eigenvalue weighted by molar-refractivity contribution is 8.00. The molecule has 0 bridgehead atoms. The van der Waals surface area contributed by atoms with E-state index in [-0.39, 0.29) is 42.8 Å². The van der Waals surface area contributed by atoms with Crippen LogP contribution in [-0.4, -0.2) is 83.3 Å². The molecular formula is C49H59ClN8O5S3. The quantitative estimate of drug-likeness (QED) is 0.0590. The summed E-state index contributed by atoms with van der Waals surface area (Å²) in [7, 11) is 0. The van der Waals surface area contributed by atoms with Gasteiger partial charge in [0, 0.05) is 51.7 Å². The van der Waals surface area contributed by atoms with E-state index in [1.165, 1.54) is 11.8 Å². The van der Waals surface area contributed by atoms with Gasteiger partial charge in [0.15, 0.2) is 11.6 Å². The van der Waals surface area contributed by atoms with Gasteiger partial charge >= 0.3 is 0 Å². The minimum Gasteiger partial charge on any atom is -0.393 e. The second-order valence-corrected chi connectivity index (χ2v) is 22.1. The Morgan fingerprint density at radius 2 is 1.62 bits per heavy atom. The zero-order chi connectivity index (χ0) is 47.3. The Hall–Kier alpha value is -4.74. The van der Waals surface area contributed by atoms with E-state index in [0.717, 1.165) is 86.4 Å². The van der Waals surface area contributed by atoms with Crippen LogP contribution in [0, 0.1) is 39.5 Å². The number of Topliss-reactive ketones (excluding diaryl/α,β-unsaturated/α-hetero) is 1. The Morgan fingerprint density at radius 3 is 2.32 bits per heavy atom. The molecule has 350 valence electrons. The number of aryl methyl sites for hydroxylation is 3. The summed E-state index contributed by atoms with van der Waals surface area (Å²) < 4.78 is 1.36. The van der Waals surface area contributed by atoms with E-state index in [1.54, 1.807) is 34.4 Å². The number of halogens is 1. The fourth-order valence-corrected chi connectivity index (χ4v) is 12.3. The minimum absolute atomic E-state index is 0.113. The highest BCUT2D eigenvalue weighted by Gasteiger charge is 2.48. The van der Waals surface area contributed by atoms with Crippen molar-refractivity contribution in [2.45, 2.75) is 123 Å². The van der Waals surface area contributed by atoms with E-state index >= 15 is 0 Å². The molecule has 66 heavy (non-hydrogen) atoms. The van der Waals surface area contributed by atoms with Gasteiger partial charge in [-0.1, -0.05) is 60.8 Å². The number of hydrogen-bond donors (Lipinski definition) is 4. The second-order valence-electron chi connectivity index (χ2n) is 17.9. The Bertz CT molecular complexity index is 2580. The van der Waals surface area contributed by atoms with Crippen LogP contribution in [0.1, 0.15) is 116 Å². The van der Waals surface area contributed by atoms with Gasteiger partial charge in [-0.3, -0.25) is 28.7 Å². The fourth-order valence-electron chi connectivity index (χ4n) is 8.90. The number of nitrogens with one attached hydrogen (secondary N) is 3. The Morgan fingerprint density at radius 1 is 0.924 bits per heavy atom. The van der Waals surface area contributed by atoms with E-state index in [2.05, 4.69) is 45.0 Å². The predicted molar refractivity (Wildman–Crippen MR) is 265 cm³/mol. The summed E-state index contributed by atoms with van der Waals surface area (Å²) in [6.07, 6.45) is 3.18. The maximum absolute atomic E-state index is 14.3. The zero-order valence-electron chi connectivity index (χ0n) is 38.6. The molecular weight excluding hydrogens is 912 g/mol. The number of carbonyl (C=O) groups is 4. The number of benzene rings is 2. The van der Waals surface area contributed by atoms with Crippen LogP contribution in [0.15, 0.2) is 59.0 Å². The number of hydrogen-bond acceptors (Lipinski definition) is 12. The number of aliphatic hydroxyl groups is 1. The van der Waals surface area contributed by atoms with Gasteiger partial charge in [-0.25, -0.2) is 4.98 Å². The smallest absolute Gasteiger partial charge is 0.224 e. The van der Waals surface area contributed by atoms with Crippen molar-refractivity contribution >= 4 is 75.3 Å². The summed E-state index contributed by atoms with van der Waals surface area (Å²) >= 11 is 11.1. The predicted octanol–water partition coefficient (Wildman–Crippen LogP) is 8.59. The summed E-state index contributed by atoms with van der Waals surface area (Å²) in [5.74, 6) is -0.254. The van der Waals surface area contributed by atoms with Crippen molar-refractivity contribution in [2.75, 3.05) is 12.3 Å². The molecule has 13 nitrogen and oxygen atoms in total. The molecule has 17 heteroatoms. The average molecular weight is 972 g/mol. The van der Waals surface area contributed by atoms with Gasteiger partial charge in [0.25, 0.3) is 0 Å². The molecule has 3 aromatic heterocycles. The molecule has 7 rings (SSSR count). The number of ketones is 1. The molecule has 5 aromatic rings. The number of carbonyl (C=O) groups excluding carboxylic acids is 4. The van der Waals surface area contributed by atoms with E-state index < -0.39 is 34.8 Å².